The molecule has 0 aromatic heterocycles. The molecule has 0 N–H and O–H groups in total. The van der Waals surface area contributed by atoms with E-state index in [9.17, 15) is 0 Å². The predicted molar refractivity (Wildman–Crippen MR) is 181 cm³/mol. The van der Waals surface area contributed by atoms with Crippen molar-refractivity contribution in [3.8, 4) is 34.1 Å². The Hall–Kier alpha value is -5.37. The average Bonchev–Trinajstić information content (AvgIpc) is 3.07. The maximum Gasteiger partial charge on any atom is 0.185 e. The smallest absolute Gasteiger partial charge is 0.185 e. The number of ether oxygens (including phenoxy) is 2. The summed E-state index contributed by atoms with van der Waals surface area (Å²) >= 11 is 0. The van der Waals surface area contributed by atoms with Crippen molar-refractivity contribution in [3.05, 3.63) is 140 Å². The lowest BCUT2D eigenvalue weighted by Gasteiger charge is -2.35. The molecule has 0 saturated heterocycles. The third kappa shape index (κ3) is 3.09. The van der Waals surface area contributed by atoms with Gasteiger partial charge in [-0.15, -0.1) is 0 Å². The van der Waals surface area contributed by atoms with Crippen LogP contribution < -0.4 is 25.4 Å². The van der Waals surface area contributed by atoms with Gasteiger partial charge in [-0.05, 0) is 73.8 Å². The summed E-state index contributed by atoms with van der Waals surface area (Å²) in [5.41, 5.74) is 2.03. The van der Waals surface area contributed by atoms with Crippen LogP contribution in [0.1, 0.15) is 0 Å². The van der Waals surface area contributed by atoms with Crippen LogP contribution in [-0.4, -0.2) is 0 Å². The second kappa shape index (κ2) is 8.60. The zero-order valence-electron chi connectivity index (χ0n) is 23.5. The molecular formula is C40H23O3P. The Bertz CT molecular complexity index is 2490. The second-order valence-corrected chi connectivity index (χ2v) is 14.2. The highest BCUT2D eigenvalue weighted by Gasteiger charge is 2.47. The predicted octanol–water partition coefficient (Wildman–Crippen LogP) is 9.82. The van der Waals surface area contributed by atoms with Crippen LogP contribution in [0.5, 0.6) is 23.0 Å². The quantitative estimate of drug-likeness (QED) is 0.143. The van der Waals surface area contributed by atoms with Gasteiger partial charge in [0.05, 0.1) is 10.6 Å². The normalized spacial score (nSPS) is 14.1. The fourth-order valence-electron chi connectivity index (χ4n) is 7.26. The first kappa shape index (κ1) is 24.1. The van der Waals surface area contributed by atoms with E-state index in [1.807, 2.05) is 48.5 Å². The lowest BCUT2D eigenvalue weighted by Crippen LogP contribution is -2.35. The molecule has 0 bridgehead atoms. The van der Waals surface area contributed by atoms with E-state index in [0.717, 1.165) is 43.4 Å². The Morgan fingerprint density at radius 1 is 0.432 bits per heavy atom. The maximum atomic E-state index is 15.9. The van der Waals surface area contributed by atoms with Gasteiger partial charge in [-0.1, -0.05) is 109 Å². The summed E-state index contributed by atoms with van der Waals surface area (Å²) in [6, 6.07) is 47.7. The number of hydrogen-bond donors (Lipinski definition) is 0. The molecular weight excluding hydrogens is 559 g/mol. The van der Waals surface area contributed by atoms with E-state index in [2.05, 4.69) is 91.0 Å². The topological polar surface area (TPSA) is 35.5 Å². The van der Waals surface area contributed by atoms with Gasteiger partial charge in [0.1, 0.15) is 28.3 Å². The second-order valence-electron chi connectivity index (χ2n) is 11.6. The lowest BCUT2D eigenvalue weighted by atomic mass is 9.93. The molecule has 0 saturated carbocycles. The van der Waals surface area contributed by atoms with Crippen LogP contribution in [-0.2, 0) is 4.57 Å². The summed E-state index contributed by atoms with van der Waals surface area (Å²) in [4.78, 5) is 0. The van der Waals surface area contributed by atoms with E-state index in [-0.39, 0.29) is 0 Å². The summed E-state index contributed by atoms with van der Waals surface area (Å²) in [5.74, 6) is 2.49. The van der Waals surface area contributed by atoms with Crippen LogP contribution in [0.4, 0.5) is 0 Å². The van der Waals surface area contributed by atoms with E-state index in [1.165, 1.54) is 10.8 Å². The van der Waals surface area contributed by atoms with Crippen LogP contribution in [0.2, 0.25) is 0 Å². The molecule has 3 nitrogen and oxygen atoms in total. The molecule has 4 heteroatoms. The van der Waals surface area contributed by atoms with Crippen LogP contribution in [0, 0.1) is 0 Å². The van der Waals surface area contributed by atoms with Crippen molar-refractivity contribution in [1.29, 1.82) is 0 Å². The summed E-state index contributed by atoms with van der Waals surface area (Å²) in [6.45, 7) is 0. The third-order valence-electron chi connectivity index (χ3n) is 9.25. The summed E-state index contributed by atoms with van der Waals surface area (Å²) in [5, 5.41) is 10.8. The van der Waals surface area contributed by atoms with Crippen LogP contribution >= 0.6 is 7.14 Å². The standard InChI is InChI=1S/C40H23O3P/c41-44-36-19-17-24-9-1-5-13-29(24)38(36)42-34-22-27(33-21-26-11-3-4-12-28(26)31-15-7-8-16-32(31)33)23-35(40(34)44)43-39-30-14-6-2-10-25(30)18-20-37(39)44/h1-23H. The number of fused-ring (bicyclic) bond motifs is 11. The zero-order valence-corrected chi connectivity index (χ0v) is 24.3. The molecule has 0 aliphatic carbocycles. The van der Waals surface area contributed by atoms with E-state index >= 15 is 4.57 Å². The highest BCUT2D eigenvalue weighted by Crippen LogP contribution is 2.60. The lowest BCUT2D eigenvalue weighted by molar-refractivity contribution is 0.467. The van der Waals surface area contributed by atoms with E-state index in [0.29, 0.717) is 38.9 Å². The van der Waals surface area contributed by atoms with Gasteiger partial charge in [-0.25, -0.2) is 0 Å². The van der Waals surface area contributed by atoms with E-state index in [4.69, 9.17) is 9.47 Å². The van der Waals surface area contributed by atoms with Crippen molar-refractivity contribution in [3.63, 3.8) is 0 Å². The van der Waals surface area contributed by atoms with Gasteiger partial charge in [-0.3, -0.25) is 0 Å². The van der Waals surface area contributed by atoms with Gasteiger partial charge >= 0.3 is 0 Å². The van der Waals surface area contributed by atoms with Crippen molar-refractivity contribution in [2.24, 2.45) is 0 Å². The van der Waals surface area contributed by atoms with E-state index < -0.39 is 7.14 Å². The van der Waals surface area contributed by atoms with Crippen molar-refractivity contribution in [2.75, 3.05) is 0 Å². The minimum atomic E-state index is -3.37. The Labute approximate surface area is 253 Å². The van der Waals surface area contributed by atoms with Crippen LogP contribution in [0.15, 0.2) is 140 Å². The molecule has 0 radical (unpaired) electrons. The molecule has 0 atom stereocenters. The van der Waals surface area contributed by atoms with Crippen LogP contribution in [0.3, 0.4) is 0 Å². The minimum Gasteiger partial charge on any atom is -0.455 e. The molecule has 206 valence electrons. The molecule has 2 heterocycles. The molecule has 0 spiro atoms. The number of hydrogen-bond acceptors (Lipinski definition) is 3. The first-order valence-corrected chi connectivity index (χ1v) is 16.5. The first-order chi connectivity index (χ1) is 21.7. The zero-order chi connectivity index (χ0) is 29.0. The fraction of sp³-hybridized carbons (Fsp3) is 0. The Morgan fingerprint density at radius 3 is 1.50 bits per heavy atom. The first-order valence-electron chi connectivity index (χ1n) is 14.8. The summed E-state index contributed by atoms with van der Waals surface area (Å²) in [6.07, 6.45) is 0. The van der Waals surface area contributed by atoms with Gasteiger partial charge in [0, 0.05) is 10.8 Å². The van der Waals surface area contributed by atoms with Gasteiger partial charge in [0.15, 0.2) is 7.14 Å². The summed E-state index contributed by atoms with van der Waals surface area (Å²) in [7, 11) is -3.37. The SMILES string of the molecule is O=P12c3ccc4ccccc4c3Oc3cc(-c4cc5ccccc5c5ccccc45)cc(c31)Oc1c2ccc2ccccc12. The number of benzene rings is 8. The molecule has 0 amide bonds. The molecule has 2 aliphatic rings. The van der Waals surface area contributed by atoms with Gasteiger partial charge < -0.3 is 14.0 Å². The van der Waals surface area contributed by atoms with Crippen molar-refractivity contribution >= 4 is 66.1 Å². The van der Waals surface area contributed by atoms with Gasteiger partial charge in [0.2, 0.25) is 0 Å². The number of rotatable bonds is 1. The molecule has 44 heavy (non-hydrogen) atoms. The Kier molecular flexibility index (Phi) is 4.71. The van der Waals surface area contributed by atoms with Gasteiger partial charge in [0.25, 0.3) is 0 Å². The molecule has 10 rings (SSSR count). The average molecular weight is 583 g/mol. The molecule has 2 aliphatic heterocycles. The Morgan fingerprint density at radius 2 is 0.909 bits per heavy atom. The molecule has 0 unspecified atom stereocenters. The Balaban J connectivity index is 1.33. The molecule has 8 aromatic rings. The highest BCUT2D eigenvalue weighted by atomic mass is 31.2. The minimum absolute atomic E-state index is 0.584. The highest BCUT2D eigenvalue weighted by molar-refractivity contribution is 7.86. The van der Waals surface area contributed by atoms with Crippen molar-refractivity contribution in [1.82, 2.24) is 0 Å². The van der Waals surface area contributed by atoms with E-state index in [1.54, 1.807) is 0 Å². The van der Waals surface area contributed by atoms with Gasteiger partial charge in [-0.2, -0.15) is 0 Å². The van der Waals surface area contributed by atoms with Crippen molar-refractivity contribution in [2.45, 2.75) is 0 Å². The monoisotopic (exact) mass is 582 g/mol. The largest absolute Gasteiger partial charge is 0.455 e. The van der Waals surface area contributed by atoms with Crippen LogP contribution in [0.25, 0.3) is 54.2 Å². The summed E-state index contributed by atoms with van der Waals surface area (Å²) < 4.78 is 29.5. The molecule has 0 fully saturated rings. The molecule has 8 aromatic carbocycles. The fourth-order valence-corrected chi connectivity index (χ4v) is 10.3. The third-order valence-corrected chi connectivity index (χ3v) is 12.4. The van der Waals surface area contributed by atoms with Crippen molar-refractivity contribution < 1.29 is 14.0 Å². The maximum absolute atomic E-state index is 15.9.